The molecule has 1 aliphatic rings. The van der Waals surface area contributed by atoms with E-state index in [9.17, 15) is 4.79 Å². The second-order valence-electron chi connectivity index (χ2n) is 9.77. The Hall–Kier alpha value is -2.92. The number of rotatable bonds is 11. The predicted molar refractivity (Wildman–Crippen MR) is 137 cm³/mol. The third-order valence-electron chi connectivity index (χ3n) is 7.30. The van der Waals surface area contributed by atoms with E-state index in [0.29, 0.717) is 12.8 Å². The number of benzene rings is 1. The summed E-state index contributed by atoms with van der Waals surface area (Å²) in [6.07, 6.45) is 12.9. The van der Waals surface area contributed by atoms with Gasteiger partial charge in [0.25, 0.3) is 0 Å². The number of aromatic nitrogens is 3. The smallest absolute Gasteiger partial charge is 0.162 e. The first kappa shape index (κ1) is 24.2. The summed E-state index contributed by atoms with van der Waals surface area (Å²) in [5.74, 6) is 0.960. The highest BCUT2D eigenvalue weighted by Gasteiger charge is 2.43. The molecular weight excluding hydrogens is 420 g/mol. The first-order valence-electron chi connectivity index (χ1n) is 12.6. The molecule has 0 saturated heterocycles. The highest BCUT2D eigenvalue weighted by molar-refractivity contribution is 5.96. The van der Waals surface area contributed by atoms with E-state index in [-0.39, 0.29) is 17.2 Å². The van der Waals surface area contributed by atoms with Crippen LogP contribution < -0.4 is 5.73 Å². The number of Topliss-reactive ketones (excluding diaryl/α,β-unsaturated/α-hetero) is 1. The van der Waals surface area contributed by atoms with Crippen molar-refractivity contribution in [1.82, 2.24) is 15.0 Å². The molecule has 0 spiro atoms. The Balaban J connectivity index is 1.55. The monoisotopic (exact) mass is 456 g/mol. The molecule has 34 heavy (non-hydrogen) atoms. The van der Waals surface area contributed by atoms with Crippen LogP contribution in [-0.4, -0.2) is 26.8 Å². The van der Waals surface area contributed by atoms with Gasteiger partial charge in [-0.1, -0.05) is 26.0 Å². The van der Waals surface area contributed by atoms with E-state index < -0.39 is 0 Å². The van der Waals surface area contributed by atoms with Crippen LogP contribution in [0.2, 0.25) is 0 Å². The van der Waals surface area contributed by atoms with Crippen LogP contribution in [-0.2, 0) is 11.8 Å². The van der Waals surface area contributed by atoms with E-state index in [2.05, 4.69) is 47.9 Å². The minimum Gasteiger partial charge on any atom is -0.328 e. The average molecular weight is 457 g/mol. The zero-order valence-electron chi connectivity index (χ0n) is 20.7. The molecule has 0 amide bonds. The molecule has 1 atom stereocenters. The number of carbonyl (C=O) groups excluding carboxylic acids is 1. The van der Waals surface area contributed by atoms with Crippen molar-refractivity contribution >= 4 is 5.78 Å². The molecular formula is C29H36N4O. The fourth-order valence-corrected chi connectivity index (χ4v) is 4.71. The summed E-state index contributed by atoms with van der Waals surface area (Å²) in [6, 6.07) is 10.5. The van der Waals surface area contributed by atoms with Crippen molar-refractivity contribution in [2.45, 2.75) is 83.6 Å². The molecule has 0 aliphatic heterocycles. The minimum atomic E-state index is 0.181. The molecule has 2 aromatic heterocycles. The molecule has 1 aromatic carbocycles. The molecule has 1 saturated carbocycles. The molecule has 5 heteroatoms. The zero-order chi connectivity index (χ0) is 24.1. The molecule has 1 fully saturated rings. The number of nitrogens with zero attached hydrogens (tertiary/aromatic N) is 3. The molecule has 0 bridgehead atoms. The van der Waals surface area contributed by atoms with Crippen LogP contribution in [0.3, 0.4) is 0 Å². The number of nitrogens with two attached hydrogens (primary N) is 1. The van der Waals surface area contributed by atoms with Gasteiger partial charge in [0.15, 0.2) is 5.78 Å². The molecule has 178 valence electrons. The first-order valence-corrected chi connectivity index (χ1v) is 12.6. The van der Waals surface area contributed by atoms with Crippen LogP contribution in [0.15, 0.2) is 48.9 Å². The van der Waals surface area contributed by atoms with E-state index in [4.69, 9.17) is 5.73 Å². The van der Waals surface area contributed by atoms with Crippen molar-refractivity contribution < 1.29 is 4.79 Å². The molecule has 0 radical (unpaired) electrons. The molecule has 0 unspecified atom stereocenters. The van der Waals surface area contributed by atoms with E-state index >= 15 is 0 Å². The van der Waals surface area contributed by atoms with Crippen molar-refractivity contribution in [2.75, 3.05) is 0 Å². The van der Waals surface area contributed by atoms with Gasteiger partial charge in [-0.2, -0.15) is 0 Å². The summed E-state index contributed by atoms with van der Waals surface area (Å²) < 4.78 is 0. The van der Waals surface area contributed by atoms with Gasteiger partial charge in [-0.25, -0.2) is 9.97 Å². The van der Waals surface area contributed by atoms with Crippen molar-refractivity contribution in [3.05, 3.63) is 77.0 Å². The molecule has 5 nitrogen and oxygen atoms in total. The fourth-order valence-electron chi connectivity index (χ4n) is 4.71. The number of hydrogen-bond acceptors (Lipinski definition) is 5. The third-order valence-corrected chi connectivity index (χ3v) is 7.30. The summed E-state index contributed by atoms with van der Waals surface area (Å²) >= 11 is 0. The summed E-state index contributed by atoms with van der Waals surface area (Å²) in [6.45, 7) is 6.40. The number of carbonyl (C=O) groups is 1. The van der Waals surface area contributed by atoms with E-state index in [1.165, 1.54) is 24.0 Å². The highest BCUT2D eigenvalue weighted by Crippen LogP contribution is 2.52. The van der Waals surface area contributed by atoms with Crippen LogP contribution in [0.25, 0.3) is 11.3 Å². The van der Waals surface area contributed by atoms with Gasteiger partial charge in [0, 0.05) is 48.6 Å². The number of hydrogen-bond donors (Lipinski definition) is 1. The lowest BCUT2D eigenvalue weighted by Gasteiger charge is -2.19. The normalized spacial score (nSPS) is 15.2. The maximum Gasteiger partial charge on any atom is 0.162 e. The van der Waals surface area contributed by atoms with Gasteiger partial charge in [0.1, 0.15) is 5.82 Å². The molecule has 3 aromatic rings. The number of ketones is 1. The van der Waals surface area contributed by atoms with Gasteiger partial charge in [-0.15, -0.1) is 0 Å². The highest BCUT2D eigenvalue weighted by atomic mass is 16.1. The van der Waals surface area contributed by atoms with E-state index in [0.717, 1.165) is 53.9 Å². The van der Waals surface area contributed by atoms with Crippen LogP contribution in [0.4, 0.5) is 0 Å². The van der Waals surface area contributed by atoms with Gasteiger partial charge < -0.3 is 5.73 Å². The van der Waals surface area contributed by atoms with Crippen molar-refractivity contribution in [2.24, 2.45) is 5.73 Å². The largest absolute Gasteiger partial charge is 0.328 e. The van der Waals surface area contributed by atoms with Crippen LogP contribution >= 0.6 is 0 Å². The van der Waals surface area contributed by atoms with Crippen molar-refractivity contribution in [3.8, 4) is 11.3 Å². The molecule has 2 heterocycles. The number of aryl methyl sites for hydroxylation is 1. The lowest BCUT2D eigenvalue weighted by atomic mass is 9.86. The standard InChI is InChI=1S/C29H36N4O/c1-4-24(30)7-6-8-27(34)21-9-10-25(29(5-2)12-13-29)22(16-21)17-28-32-18-23(19-33-28)26-15-20(3)11-14-31-26/h9-11,14-16,18-19,24H,4-8,12-13,17,30H2,1-3H3/t24-/m0/s1. The Morgan fingerprint density at radius 1 is 1.09 bits per heavy atom. The Bertz CT molecular complexity index is 1140. The second kappa shape index (κ2) is 10.6. The lowest BCUT2D eigenvalue weighted by molar-refractivity contribution is 0.0978. The van der Waals surface area contributed by atoms with Gasteiger partial charge in [-0.05, 0) is 85.8 Å². The quantitative estimate of drug-likeness (QED) is 0.360. The third kappa shape index (κ3) is 5.58. The van der Waals surface area contributed by atoms with E-state index in [1.54, 1.807) is 0 Å². The van der Waals surface area contributed by atoms with E-state index in [1.807, 2.05) is 36.8 Å². The minimum absolute atomic E-state index is 0.181. The van der Waals surface area contributed by atoms with Crippen LogP contribution in [0.5, 0.6) is 0 Å². The topological polar surface area (TPSA) is 81.8 Å². The van der Waals surface area contributed by atoms with Crippen molar-refractivity contribution in [3.63, 3.8) is 0 Å². The van der Waals surface area contributed by atoms with Gasteiger partial charge in [0.2, 0.25) is 0 Å². The Morgan fingerprint density at radius 2 is 1.85 bits per heavy atom. The zero-order valence-corrected chi connectivity index (χ0v) is 20.7. The van der Waals surface area contributed by atoms with Gasteiger partial charge in [-0.3, -0.25) is 9.78 Å². The summed E-state index contributed by atoms with van der Waals surface area (Å²) in [4.78, 5) is 26.7. The summed E-state index contributed by atoms with van der Waals surface area (Å²) in [5.41, 5.74) is 12.5. The molecule has 1 aliphatic carbocycles. The SMILES string of the molecule is CC[C@H](N)CCCC(=O)c1ccc(C2(CC)CC2)c(Cc2ncc(-c3cc(C)ccn3)cn2)c1. The second-order valence-corrected chi connectivity index (χ2v) is 9.77. The average Bonchev–Trinajstić information content (AvgIpc) is 3.65. The summed E-state index contributed by atoms with van der Waals surface area (Å²) in [5, 5.41) is 0. The first-order chi connectivity index (χ1) is 16.4. The predicted octanol–water partition coefficient (Wildman–Crippen LogP) is 5.97. The molecule has 2 N–H and O–H groups in total. The maximum atomic E-state index is 12.9. The molecule has 4 rings (SSSR count). The van der Waals surface area contributed by atoms with Gasteiger partial charge >= 0.3 is 0 Å². The fraction of sp³-hybridized carbons (Fsp3) is 0.448. The van der Waals surface area contributed by atoms with Crippen molar-refractivity contribution in [1.29, 1.82) is 0 Å². The summed E-state index contributed by atoms with van der Waals surface area (Å²) in [7, 11) is 0. The van der Waals surface area contributed by atoms with Crippen LogP contribution in [0, 0.1) is 6.92 Å². The Labute approximate surface area is 203 Å². The Kier molecular flexibility index (Phi) is 7.52. The lowest BCUT2D eigenvalue weighted by Crippen LogP contribution is -2.18. The van der Waals surface area contributed by atoms with Crippen LogP contribution in [0.1, 0.15) is 91.7 Å². The Morgan fingerprint density at radius 3 is 2.50 bits per heavy atom. The maximum absolute atomic E-state index is 12.9. The number of pyridine rings is 1. The van der Waals surface area contributed by atoms with Gasteiger partial charge in [0.05, 0.1) is 5.69 Å².